The van der Waals surface area contributed by atoms with E-state index in [1.807, 2.05) is 56.7 Å². The van der Waals surface area contributed by atoms with Gasteiger partial charge in [-0.25, -0.2) is 0 Å². The minimum Gasteiger partial charge on any atom is -0.465 e. The van der Waals surface area contributed by atoms with Crippen LogP contribution < -0.4 is 0 Å². The smallest absolute Gasteiger partial charge is 0.322 e. The summed E-state index contributed by atoms with van der Waals surface area (Å²) >= 11 is 1.35. The molecule has 0 bridgehead atoms. The van der Waals surface area contributed by atoms with Crippen LogP contribution in [0.4, 0.5) is 0 Å². The van der Waals surface area contributed by atoms with Gasteiger partial charge in [0.15, 0.2) is 11.0 Å². The van der Waals surface area contributed by atoms with E-state index in [2.05, 4.69) is 10.2 Å². The SMILES string of the molecule is CCOC(=O)C(C)(C)Sc1nnc(-c2ccc(C)cc2)n1C. The highest BCUT2D eigenvalue weighted by Crippen LogP contribution is 2.33. The normalized spacial score (nSPS) is 11.5. The molecule has 0 amide bonds. The third kappa shape index (κ3) is 3.50. The molecule has 1 heterocycles. The van der Waals surface area contributed by atoms with E-state index in [9.17, 15) is 4.79 Å². The highest BCUT2D eigenvalue weighted by atomic mass is 32.2. The summed E-state index contributed by atoms with van der Waals surface area (Å²) in [6.07, 6.45) is 0. The van der Waals surface area contributed by atoms with E-state index in [1.165, 1.54) is 17.3 Å². The van der Waals surface area contributed by atoms with Crippen LogP contribution in [0.25, 0.3) is 11.4 Å². The maximum Gasteiger partial charge on any atom is 0.322 e. The molecule has 0 aliphatic heterocycles. The summed E-state index contributed by atoms with van der Waals surface area (Å²) in [4.78, 5) is 12.0. The zero-order chi connectivity index (χ0) is 16.3. The Balaban J connectivity index is 2.24. The van der Waals surface area contributed by atoms with Crippen molar-refractivity contribution >= 4 is 17.7 Å². The molecule has 5 nitrogen and oxygen atoms in total. The number of nitrogens with zero attached hydrogens (tertiary/aromatic N) is 3. The van der Waals surface area contributed by atoms with Gasteiger partial charge in [0.1, 0.15) is 4.75 Å². The Labute approximate surface area is 135 Å². The molecule has 118 valence electrons. The van der Waals surface area contributed by atoms with Crippen molar-refractivity contribution in [3.05, 3.63) is 29.8 Å². The molecular formula is C16H21N3O2S. The first-order chi connectivity index (χ1) is 10.3. The lowest BCUT2D eigenvalue weighted by molar-refractivity contribution is -0.145. The Morgan fingerprint density at radius 2 is 1.91 bits per heavy atom. The second-order valence-corrected chi connectivity index (χ2v) is 7.15. The molecule has 0 saturated heterocycles. The average Bonchev–Trinajstić information content (AvgIpc) is 2.81. The van der Waals surface area contributed by atoms with Crippen molar-refractivity contribution in [2.45, 2.75) is 37.6 Å². The first-order valence-electron chi connectivity index (χ1n) is 7.18. The van der Waals surface area contributed by atoms with Crippen molar-refractivity contribution in [2.75, 3.05) is 6.61 Å². The van der Waals surface area contributed by atoms with E-state index in [1.54, 1.807) is 6.92 Å². The fourth-order valence-electron chi connectivity index (χ4n) is 1.93. The van der Waals surface area contributed by atoms with Crippen LogP contribution in [0, 0.1) is 6.92 Å². The lowest BCUT2D eigenvalue weighted by atomic mass is 10.1. The first kappa shape index (κ1) is 16.5. The van der Waals surface area contributed by atoms with Gasteiger partial charge >= 0.3 is 5.97 Å². The standard InChI is InChI=1S/C16H21N3O2S/c1-6-21-14(20)16(3,4)22-15-18-17-13(19(15)5)12-9-7-11(2)8-10-12/h7-10H,6H2,1-5H3. The molecule has 1 aromatic carbocycles. The Bertz CT molecular complexity index is 663. The highest BCUT2D eigenvalue weighted by molar-refractivity contribution is 8.01. The van der Waals surface area contributed by atoms with Crippen molar-refractivity contribution < 1.29 is 9.53 Å². The van der Waals surface area contributed by atoms with Crippen molar-refractivity contribution in [1.29, 1.82) is 0 Å². The van der Waals surface area contributed by atoms with E-state index >= 15 is 0 Å². The molecule has 0 N–H and O–H groups in total. The van der Waals surface area contributed by atoms with Gasteiger partial charge in [0.2, 0.25) is 0 Å². The summed E-state index contributed by atoms with van der Waals surface area (Å²) in [6, 6.07) is 8.12. The zero-order valence-corrected chi connectivity index (χ0v) is 14.4. The van der Waals surface area contributed by atoms with Gasteiger partial charge in [-0.3, -0.25) is 4.79 Å². The number of ether oxygens (including phenoxy) is 1. The predicted octanol–water partition coefficient (Wildman–Crippen LogP) is 3.22. The molecule has 2 aromatic rings. The number of aromatic nitrogens is 3. The molecule has 0 fully saturated rings. The van der Waals surface area contributed by atoms with E-state index in [0.717, 1.165) is 11.4 Å². The van der Waals surface area contributed by atoms with Crippen LogP contribution in [0.3, 0.4) is 0 Å². The number of benzene rings is 1. The Kier molecular flexibility index (Phi) is 4.90. The average molecular weight is 319 g/mol. The van der Waals surface area contributed by atoms with Crippen LogP contribution in [-0.4, -0.2) is 32.1 Å². The van der Waals surface area contributed by atoms with Crippen molar-refractivity contribution in [3.8, 4) is 11.4 Å². The van der Waals surface area contributed by atoms with Gasteiger partial charge in [-0.2, -0.15) is 0 Å². The van der Waals surface area contributed by atoms with Crippen LogP contribution in [0.1, 0.15) is 26.3 Å². The number of rotatable bonds is 5. The predicted molar refractivity (Wildman–Crippen MR) is 87.7 cm³/mol. The van der Waals surface area contributed by atoms with Crippen LogP contribution in [0.2, 0.25) is 0 Å². The molecule has 0 atom stereocenters. The van der Waals surface area contributed by atoms with Gasteiger partial charge in [-0.05, 0) is 27.7 Å². The Morgan fingerprint density at radius 3 is 2.50 bits per heavy atom. The maximum atomic E-state index is 12.0. The van der Waals surface area contributed by atoms with Gasteiger partial charge in [-0.15, -0.1) is 10.2 Å². The van der Waals surface area contributed by atoms with Gasteiger partial charge in [0, 0.05) is 12.6 Å². The van der Waals surface area contributed by atoms with E-state index in [0.29, 0.717) is 11.8 Å². The lowest BCUT2D eigenvalue weighted by Gasteiger charge is -2.20. The Morgan fingerprint density at radius 1 is 1.27 bits per heavy atom. The molecule has 0 aliphatic carbocycles. The zero-order valence-electron chi connectivity index (χ0n) is 13.6. The van der Waals surface area contributed by atoms with Gasteiger partial charge in [0.25, 0.3) is 0 Å². The molecule has 0 saturated carbocycles. The van der Waals surface area contributed by atoms with Gasteiger partial charge < -0.3 is 9.30 Å². The van der Waals surface area contributed by atoms with Gasteiger partial charge in [0.05, 0.1) is 6.61 Å². The summed E-state index contributed by atoms with van der Waals surface area (Å²) in [5.41, 5.74) is 2.20. The summed E-state index contributed by atoms with van der Waals surface area (Å²) in [7, 11) is 1.90. The van der Waals surface area contributed by atoms with E-state index < -0.39 is 4.75 Å². The van der Waals surface area contributed by atoms with Crippen LogP contribution in [0.15, 0.2) is 29.4 Å². The summed E-state index contributed by atoms with van der Waals surface area (Å²) < 4.78 is 6.30. The third-order valence-electron chi connectivity index (χ3n) is 3.26. The number of aryl methyl sites for hydroxylation is 1. The molecule has 2 rings (SSSR count). The fraction of sp³-hybridized carbons (Fsp3) is 0.438. The van der Waals surface area contributed by atoms with Crippen LogP contribution >= 0.6 is 11.8 Å². The topological polar surface area (TPSA) is 57.0 Å². The number of hydrogen-bond donors (Lipinski definition) is 0. The van der Waals surface area contributed by atoms with Crippen molar-refractivity contribution in [3.63, 3.8) is 0 Å². The monoisotopic (exact) mass is 319 g/mol. The summed E-state index contributed by atoms with van der Waals surface area (Å²) in [6.45, 7) is 7.88. The number of thioether (sulfide) groups is 1. The quantitative estimate of drug-likeness (QED) is 0.625. The second-order valence-electron chi connectivity index (χ2n) is 5.56. The Hall–Kier alpha value is -1.82. The summed E-state index contributed by atoms with van der Waals surface area (Å²) in [5, 5.41) is 9.14. The molecule has 0 spiro atoms. The molecule has 0 unspecified atom stereocenters. The highest BCUT2D eigenvalue weighted by Gasteiger charge is 2.32. The fourth-order valence-corrected chi connectivity index (χ4v) is 2.84. The van der Waals surface area contributed by atoms with E-state index in [-0.39, 0.29) is 5.97 Å². The second kappa shape index (κ2) is 6.52. The minimum absolute atomic E-state index is 0.250. The van der Waals surface area contributed by atoms with Gasteiger partial charge in [-0.1, -0.05) is 41.6 Å². The molecule has 6 heteroatoms. The van der Waals surface area contributed by atoms with E-state index in [4.69, 9.17) is 4.74 Å². The van der Waals surface area contributed by atoms with Crippen molar-refractivity contribution in [2.24, 2.45) is 7.05 Å². The molecule has 0 aliphatic rings. The first-order valence-corrected chi connectivity index (χ1v) is 7.99. The molecular weight excluding hydrogens is 298 g/mol. The summed E-state index contributed by atoms with van der Waals surface area (Å²) in [5.74, 6) is 0.530. The third-order valence-corrected chi connectivity index (χ3v) is 4.47. The van der Waals surface area contributed by atoms with Crippen molar-refractivity contribution in [1.82, 2.24) is 14.8 Å². The largest absolute Gasteiger partial charge is 0.465 e. The molecule has 1 aromatic heterocycles. The maximum absolute atomic E-state index is 12.0. The van der Waals surface area contributed by atoms with Crippen LogP contribution in [-0.2, 0) is 16.6 Å². The van der Waals surface area contributed by atoms with Crippen LogP contribution in [0.5, 0.6) is 0 Å². The molecule has 22 heavy (non-hydrogen) atoms. The lowest BCUT2D eigenvalue weighted by Crippen LogP contribution is -2.30. The minimum atomic E-state index is -0.707. The number of carbonyl (C=O) groups is 1. The number of carbonyl (C=O) groups excluding carboxylic acids is 1. The number of hydrogen-bond acceptors (Lipinski definition) is 5. The number of esters is 1. The molecule has 0 radical (unpaired) electrons.